The molecule has 6 heteroatoms. The van der Waals surface area contributed by atoms with E-state index in [-0.39, 0.29) is 6.71 Å². The van der Waals surface area contributed by atoms with Crippen LogP contribution in [-0.4, -0.2) is 22.9 Å². The van der Waals surface area contributed by atoms with Crippen LogP contribution in [0.4, 0.5) is 51.2 Å². The van der Waals surface area contributed by atoms with Crippen molar-refractivity contribution in [3.63, 3.8) is 0 Å². The topological polar surface area (TPSA) is 9.72 Å². The van der Waals surface area contributed by atoms with Crippen LogP contribution >= 0.6 is 0 Å². The van der Waals surface area contributed by atoms with E-state index in [2.05, 4.69) is 464 Å². The predicted octanol–water partition coefficient (Wildman–Crippen LogP) is 19.3. The van der Waals surface area contributed by atoms with Crippen LogP contribution in [0.15, 0.2) is 449 Å². The van der Waals surface area contributed by atoms with Crippen LogP contribution in [0.25, 0.3) is 54.9 Å². The van der Waals surface area contributed by atoms with E-state index in [1.165, 1.54) is 74.6 Å². The van der Waals surface area contributed by atoms with Crippen molar-refractivity contribution in [2.24, 2.45) is 0 Å². The number of rotatable bonds is 16. The van der Waals surface area contributed by atoms with Crippen LogP contribution in [0, 0.1) is 0 Å². The maximum absolute atomic E-state index is 3.22. The van der Waals surface area contributed by atoms with Gasteiger partial charge >= 0.3 is 0 Å². The lowest BCUT2D eigenvalue weighted by molar-refractivity contribution is 1.26. The molecule has 0 N–H and O–H groups in total. The van der Waals surface area contributed by atoms with Crippen molar-refractivity contribution < 1.29 is 0 Å². The van der Waals surface area contributed by atoms with Gasteiger partial charge in [0.25, 0.3) is 6.71 Å². The molecule has 0 spiro atoms. The maximum Gasteiger partial charge on any atom is 0.252 e. The Labute approximate surface area is 646 Å². The number of hydrogen-bond donors (Lipinski definition) is 0. The van der Waals surface area contributed by atoms with Gasteiger partial charge in [-0.2, -0.15) is 0 Å². The minimum atomic E-state index is -3.22. The second kappa shape index (κ2) is 27.9. The molecule has 18 aromatic rings. The van der Waals surface area contributed by atoms with E-state index in [1.54, 1.807) is 0 Å². The summed E-state index contributed by atoms with van der Waals surface area (Å²) in [5, 5.41) is 15.1. The van der Waals surface area contributed by atoms with Crippen LogP contribution in [0.1, 0.15) is 0 Å². The van der Waals surface area contributed by atoms with E-state index in [4.69, 9.17) is 0 Å². The van der Waals surface area contributed by atoms with Gasteiger partial charge < -0.3 is 14.7 Å². The molecule has 18 aromatic carbocycles. The van der Waals surface area contributed by atoms with E-state index in [0.29, 0.717) is 0 Å². The van der Waals surface area contributed by atoms with Gasteiger partial charge in [-0.25, -0.2) is 0 Å². The van der Waals surface area contributed by atoms with Crippen LogP contribution in [-0.2, 0) is 0 Å². The first-order valence-corrected chi connectivity index (χ1v) is 42.2. The van der Waals surface area contributed by atoms with Gasteiger partial charge in [0.05, 0.1) is 5.69 Å². The zero-order valence-corrected chi connectivity index (χ0v) is 62.6. The molecule has 0 saturated carbocycles. The van der Waals surface area contributed by atoms with Crippen molar-refractivity contribution in [1.29, 1.82) is 0 Å². The standard InChI is InChI=1S/C104H74BN3Si2/c1-11-37-75(38-12-1)77-41-35-46-82(69-77)107-98-68-65-78(76-39-13-2-14-40-76)70-97(98)105-96-67-66-91(110(87-54-25-8-26-55-87,88-56-27-9-28-57-88)89-58-29-10-30-59-89)74-99(96)108(83-47-36-60-90(73-83)109(84-48-19-5-20-49-84,85-50-21-6-22-51-85)86-52-23-7-24-53-86)101-72-79(71-100(107)103(101)105)102-92-61-31-33-63-94(92)104(95-64-34-32-62-93(95)102)106(80-42-15-3-16-43-80)81-44-17-4-18-45-81/h1-74H. The Balaban J connectivity index is 0.955. The molecule has 0 atom stereocenters. The largest absolute Gasteiger partial charge is 0.311 e. The molecule has 0 aliphatic carbocycles. The highest BCUT2D eigenvalue weighted by atomic mass is 28.3. The van der Waals surface area contributed by atoms with Crippen molar-refractivity contribution in [2.45, 2.75) is 0 Å². The zero-order valence-electron chi connectivity index (χ0n) is 60.6. The molecule has 0 aromatic heterocycles. The second-order valence-electron chi connectivity index (χ2n) is 28.9. The molecule has 0 amide bonds. The third-order valence-corrected chi connectivity index (χ3v) is 32.6. The van der Waals surface area contributed by atoms with Crippen LogP contribution in [0.5, 0.6) is 0 Å². The van der Waals surface area contributed by atoms with Gasteiger partial charge in [-0.15, -0.1) is 0 Å². The highest BCUT2D eigenvalue weighted by molar-refractivity contribution is 7.20. The van der Waals surface area contributed by atoms with Gasteiger partial charge in [0.2, 0.25) is 0 Å². The minimum Gasteiger partial charge on any atom is -0.311 e. The molecule has 0 radical (unpaired) electrons. The Hall–Kier alpha value is -13.6. The number of fused-ring (bicyclic) bond motifs is 6. The summed E-state index contributed by atoms with van der Waals surface area (Å²) in [6.07, 6.45) is 0. The van der Waals surface area contributed by atoms with E-state index >= 15 is 0 Å². The second-order valence-corrected chi connectivity index (χ2v) is 36.5. The summed E-state index contributed by atoms with van der Waals surface area (Å²) in [7, 11) is -6.38. The number of hydrogen-bond acceptors (Lipinski definition) is 3. The Bertz CT molecular complexity index is 6110. The molecule has 2 heterocycles. The summed E-state index contributed by atoms with van der Waals surface area (Å²) in [4.78, 5) is 7.80. The van der Waals surface area contributed by atoms with Crippen molar-refractivity contribution in [1.82, 2.24) is 0 Å². The lowest BCUT2D eigenvalue weighted by Gasteiger charge is -2.45. The summed E-state index contributed by atoms with van der Waals surface area (Å²) in [6, 6.07) is 170. The molecule has 516 valence electrons. The Morgan fingerprint density at radius 2 is 0.555 bits per heavy atom. The summed E-state index contributed by atoms with van der Waals surface area (Å²) in [5.41, 5.74) is 20.6. The van der Waals surface area contributed by atoms with Gasteiger partial charge in [0, 0.05) is 56.3 Å². The van der Waals surface area contributed by atoms with E-state index in [0.717, 1.165) is 89.4 Å². The van der Waals surface area contributed by atoms with Crippen molar-refractivity contribution in [3.05, 3.63) is 449 Å². The third-order valence-electron chi connectivity index (χ3n) is 23.0. The molecule has 0 saturated heterocycles. The molecule has 0 bridgehead atoms. The van der Waals surface area contributed by atoms with Crippen molar-refractivity contribution >= 4 is 153 Å². The average molecular weight is 1430 g/mol. The molecular formula is C104H74BN3Si2. The van der Waals surface area contributed by atoms with Gasteiger partial charge in [0.15, 0.2) is 16.1 Å². The molecule has 2 aliphatic rings. The first kappa shape index (κ1) is 65.9. The number of para-hydroxylation sites is 2. The lowest BCUT2D eigenvalue weighted by atomic mass is 9.33. The Kier molecular flexibility index (Phi) is 16.7. The quantitative estimate of drug-likeness (QED) is 0.0542. The fourth-order valence-corrected chi connectivity index (χ4v) is 28.0. The first-order valence-electron chi connectivity index (χ1n) is 38.2. The lowest BCUT2D eigenvalue weighted by Crippen LogP contribution is -2.75. The van der Waals surface area contributed by atoms with E-state index < -0.39 is 16.1 Å². The Morgan fingerprint density at radius 3 is 1.00 bits per heavy atom. The smallest absolute Gasteiger partial charge is 0.252 e. The fourth-order valence-electron chi connectivity index (χ4n) is 18.4. The van der Waals surface area contributed by atoms with Crippen LogP contribution < -0.4 is 72.6 Å². The number of anilines is 9. The van der Waals surface area contributed by atoms with Gasteiger partial charge in [-0.1, -0.05) is 376 Å². The normalized spacial score (nSPS) is 12.3. The molecule has 0 fully saturated rings. The zero-order chi connectivity index (χ0) is 73.0. The molecule has 2 aliphatic heterocycles. The van der Waals surface area contributed by atoms with Gasteiger partial charge in [-0.3, -0.25) is 0 Å². The van der Waals surface area contributed by atoms with Crippen LogP contribution in [0.2, 0.25) is 0 Å². The monoisotopic (exact) mass is 1430 g/mol. The molecule has 110 heavy (non-hydrogen) atoms. The number of nitrogens with zero attached hydrogens (tertiary/aromatic N) is 3. The molecule has 0 unspecified atom stereocenters. The molecule has 3 nitrogen and oxygen atoms in total. The third kappa shape index (κ3) is 10.9. The highest BCUT2D eigenvalue weighted by Gasteiger charge is 2.48. The molecule has 20 rings (SSSR count). The SMILES string of the molecule is c1ccc(-c2cccc(N3c4ccc(-c5ccccc5)cc4B4c5ccc([Si](c6ccccc6)(c6ccccc6)c6ccccc6)cc5N(c5cccc([Si](c6ccccc6)(c6ccccc6)c6ccccc6)c5)c5cc(-c6c7ccccc7c(N(c7ccccc7)c7ccccc7)c7ccccc67)cc3c54)c2)cc1. The minimum absolute atomic E-state index is 0.251. The van der Waals surface area contributed by atoms with Crippen molar-refractivity contribution in [2.75, 3.05) is 14.7 Å². The summed E-state index contributed by atoms with van der Waals surface area (Å²) < 4.78 is 0. The van der Waals surface area contributed by atoms with Crippen molar-refractivity contribution in [3.8, 4) is 33.4 Å². The summed E-state index contributed by atoms with van der Waals surface area (Å²) in [6.45, 7) is -0.251. The van der Waals surface area contributed by atoms with E-state index in [9.17, 15) is 0 Å². The fraction of sp³-hybridized carbons (Fsp3) is 0. The van der Waals surface area contributed by atoms with Gasteiger partial charge in [-0.05, 0) is 175 Å². The van der Waals surface area contributed by atoms with Gasteiger partial charge in [0.1, 0.15) is 0 Å². The summed E-state index contributed by atoms with van der Waals surface area (Å²) >= 11 is 0. The Morgan fingerprint density at radius 1 is 0.209 bits per heavy atom. The molecular weight excluding hydrogens is 1360 g/mol. The number of benzene rings is 18. The highest BCUT2D eigenvalue weighted by Crippen LogP contribution is 2.52. The van der Waals surface area contributed by atoms with Crippen LogP contribution in [0.3, 0.4) is 0 Å². The van der Waals surface area contributed by atoms with E-state index in [1.807, 2.05) is 0 Å². The summed E-state index contributed by atoms with van der Waals surface area (Å²) in [5.74, 6) is 0. The predicted molar refractivity (Wildman–Crippen MR) is 474 cm³/mol. The maximum atomic E-state index is 2.72. The average Bonchev–Trinajstić information content (AvgIpc) is 0.690. The first-order chi connectivity index (χ1) is 54.6.